The average molecular weight is 357 g/mol. The average Bonchev–Trinajstić information content (AvgIpc) is 3.32. The van der Waals surface area contributed by atoms with Crippen molar-refractivity contribution >= 4 is 5.78 Å². The Hall–Kier alpha value is -1.63. The molecule has 138 valence electrons. The number of phenolic OH excluding ortho intramolecular Hbond substituents is 1. The molecular weight excluding hydrogens is 334 g/mol. The molecule has 6 heteroatoms. The molecule has 1 aromatic carbocycles. The van der Waals surface area contributed by atoms with Crippen molar-refractivity contribution in [2.24, 2.45) is 5.92 Å². The van der Waals surface area contributed by atoms with Gasteiger partial charge in [-0.15, -0.1) is 0 Å². The molecule has 0 amide bonds. The predicted octanol–water partition coefficient (Wildman–Crippen LogP) is 1.54. The number of nitrogens with zero attached hydrogens (tertiary/aromatic N) is 1. The second-order valence-corrected chi connectivity index (χ2v) is 9.08. The van der Waals surface area contributed by atoms with Crippen molar-refractivity contribution in [3.63, 3.8) is 0 Å². The molecule has 2 bridgehead atoms. The van der Waals surface area contributed by atoms with Crippen LogP contribution in [0.25, 0.3) is 0 Å². The number of carbonyl (C=O) groups is 1. The first-order valence-electron chi connectivity index (χ1n) is 9.74. The van der Waals surface area contributed by atoms with Crippen LogP contribution in [0.5, 0.6) is 11.5 Å². The molecule has 0 aromatic heterocycles. The molecule has 3 aliphatic carbocycles. The lowest BCUT2D eigenvalue weighted by Gasteiger charge is -2.67. The van der Waals surface area contributed by atoms with Crippen LogP contribution >= 0.6 is 0 Å². The fraction of sp³-hybridized carbons (Fsp3) is 0.650. The van der Waals surface area contributed by atoms with Crippen LogP contribution in [-0.2, 0) is 16.6 Å². The van der Waals surface area contributed by atoms with Crippen LogP contribution < -0.4 is 4.74 Å². The largest absolute Gasteiger partial charge is 0.632 e. The molecule has 2 aliphatic heterocycles. The Morgan fingerprint density at radius 2 is 2.12 bits per heavy atom. The highest BCUT2D eigenvalue weighted by molar-refractivity contribution is 5.90. The van der Waals surface area contributed by atoms with E-state index < -0.39 is 23.2 Å². The van der Waals surface area contributed by atoms with E-state index in [4.69, 9.17) is 4.74 Å². The Kier molecular flexibility index (Phi) is 2.63. The van der Waals surface area contributed by atoms with E-state index in [0.717, 1.165) is 24.0 Å². The van der Waals surface area contributed by atoms with E-state index in [-0.39, 0.29) is 22.6 Å². The molecule has 1 saturated heterocycles. The van der Waals surface area contributed by atoms with Crippen molar-refractivity contribution in [2.75, 3.05) is 13.1 Å². The number of hydrogen-bond donors (Lipinski definition) is 2. The number of quaternary nitrogens is 1. The maximum absolute atomic E-state index is 13.9. The molecule has 5 aliphatic rings. The van der Waals surface area contributed by atoms with Crippen LogP contribution in [0.3, 0.4) is 0 Å². The summed E-state index contributed by atoms with van der Waals surface area (Å²) in [5.41, 5.74) is -0.359. The summed E-state index contributed by atoms with van der Waals surface area (Å²) in [5, 5.41) is 36.1. The van der Waals surface area contributed by atoms with E-state index in [1.165, 1.54) is 0 Å². The van der Waals surface area contributed by atoms with Gasteiger partial charge in [0.25, 0.3) is 0 Å². The lowest BCUT2D eigenvalue weighted by atomic mass is 9.49. The van der Waals surface area contributed by atoms with Crippen LogP contribution in [0.1, 0.15) is 43.2 Å². The van der Waals surface area contributed by atoms with Crippen LogP contribution in [-0.4, -0.2) is 51.5 Å². The summed E-state index contributed by atoms with van der Waals surface area (Å²) in [6.07, 6.45) is 2.91. The number of piperidine rings is 1. The highest BCUT2D eigenvalue weighted by Gasteiger charge is 2.76. The first kappa shape index (κ1) is 15.4. The van der Waals surface area contributed by atoms with Gasteiger partial charge in [-0.05, 0) is 30.9 Å². The normalized spacial score (nSPS) is 45.2. The number of phenols is 1. The van der Waals surface area contributed by atoms with Gasteiger partial charge in [0.2, 0.25) is 0 Å². The molecule has 6 rings (SSSR count). The van der Waals surface area contributed by atoms with Gasteiger partial charge in [0.1, 0.15) is 11.6 Å². The van der Waals surface area contributed by atoms with Gasteiger partial charge in [0.15, 0.2) is 23.4 Å². The second kappa shape index (κ2) is 4.43. The van der Waals surface area contributed by atoms with Gasteiger partial charge < -0.3 is 24.8 Å². The van der Waals surface area contributed by atoms with Crippen LogP contribution in [0, 0.1) is 11.1 Å². The summed E-state index contributed by atoms with van der Waals surface area (Å²) in [5.74, 6) is 0.827. The first-order chi connectivity index (χ1) is 12.4. The summed E-state index contributed by atoms with van der Waals surface area (Å²) < 4.78 is 5.63. The fourth-order valence-electron chi connectivity index (χ4n) is 6.54. The monoisotopic (exact) mass is 357 g/mol. The SMILES string of the molecule is O=C1CC[C@]2(O)[C@H]3Cc4ccc(O)c5c4[C@@]2(CC[N@+]3([O-])CC2CC2)C1O5. The smallest absolute Gasteiger partial charge is 0.174 e. The lowest BCUT2D eigenvalue weighted by molar-refractivity contribution is -0.923. The minimum absolute atomic E-state index is 0.0209. The number of ether oxygens (including phenoxy) is 1. The molecule has 3 fully saturated rings. The Morgan fingerprint density at radius 3 is 2.88 bits per heavy atom. The Bertz CT molecular complexity index is 851. The first-order valence-corrected chi connectivity index (χ1v) is 9.74. The number of likely N-dealkylation sites (tertiary alicyclic amines) is 1. The highest BCUT2D eigenvalue weighted by atomic mass is 16.6. The van der Waals surface area contributed by atoms with E-state index in [9.17, 15) is 20.2 Å². The number of aromatic hydroxyl groups is 1. The van der Waals surface area contributed by atoms with Gasteiger partial charge in [-0.3, -0.25) is 4.79 Å². The summed E-state index contributed by atoms with van der Waals surface area (Å²) in [6.45, 7) is 0.980. The van der Waals surface area contributed by atoms with Crippen molar-refractivity contribution in [1.82, 2.24) is 0 Å². The zero-order chi connectivity index (χ0) is 17.9. The maximum atomic E-state index is 13.9. The Labute approximate surface area is 151 Å². The van der Waals surface area contributed by atoms with Gasteiger partial charge in [-0.2, -0.15) is 0 Å². The molecule has 26 heavy (non-hydrogen) atoms. The minimum atomic E-state index is -1.24. The van der Waals surface area contributed by atoms with E-state index in [0.29, 0.717) is 44.0 Å². The van der Waals surface area contributed by atoms with Gasteiger partial charge in [0, 0.05) is 30.7 Å². The minimum Gasteiger partial charge on any atom is -0.632 e. The number of hydrogen-bond acceptors (Lipinski definition) is 5. The molecule has 1 spiro atoms. The highest BCUT2D eigenvalue weighted by Crippen LogP contribution is 2.66. The molecule has 2 saturated carbocycles. The quantitative estimate of drug-likeness (QED) is 0.619. The number of ketones is 1. The number of carbonyl (C=O) groups excluding carboxylic acids is 1. The zero-order valence-electron chi connectivity index (χ0n) is 14.6. The van der Waals surface area contributed by atoms with E-state index in [1.54, 1.807) is 6.07 Å². The van der Waals surface area contributed by atoms with Gasteiger partial charge >= 0.3 is 0 Å². The van der Waals surface area contributed by atoms with Gasteiger partial charge in [-0.25, -0.2) is 0 Å². The Morgan fingerprint density at radius 1 is 1.31 bits per heavy atom. The second-order valence-electron chi connectivity index (χ2n) is 9.08. The lowest BCUT2D eigenvalue weighted by Crippen LogP contribution is -2.80. The molecule has 5 atom stereocenters. The summed E-state index contributed by atoms with van der Waals surface area (Å²) in [6, 6.07) is 2.98. The van der Waals surface area contributed by atoms with Crippen LogP contribution in [0.15, 0.2) is 12.1 Å². The number of hydroxylamine groups is 3. The molecule has 1 unspecified atom stereocenters. The fourth-order valence-corrected chi connectivity index (χ4v) is 6.54. The third-order valence-corrected chi connectivity index (χ3v) is 7.85. The third-order valence-electron chi connectivity index (χ3n) is 7.85. The van der Waals surface area contributed by atoms with Crippen molar-refractivity contribution in [1.29, 1.82) is 0 Å². The maximum Gasteiger partial charge on any atom is 0.174 e. The third kappa shape index (κ3) is 1.54. The van der Waals surface area contributed by atoms with Crippen molar-refractivity contribution < 1.29 is 24.4 Å². The Balaban J connectivity index is 1.60. The van der Waals surface area contributed by atoms with Gasteiger partial charge in [0.05, 0.1) is 18.5 Å². The number of Topliss-reactive ketones (excluding diaryl/α,β-unsaturated/α-hetero) is 1. The van der Waals surface area contributed by atoms with E-state index in [1.807, 2.05) is 6.07 Å². The van der Waals surface area contributed by atoms with Gasteiger partial charge in [-0.1, -0.05) is 6.07 Å². The number of rotatable bonds is 2. The van der Waals surface area contributed by atoms with Crippen molar-refractivity contribution in [3.05, 3.63) is 28.5 Å². The topological polar surface area (TPSA) is 89.8 Å². The molecule has 6 nitrogen and oxygen atoms in total. The summed E-state index contributed by atoms with van der Waals surface area (Å²) >= 11 is 0. The molecule has 1 aromatic rings. The number of aliphatic hydroxyl groups is 1. The molecule has 2 N–H and O–H groups in total. The van der Waals surface area contributed by atoms with Crippen molar-refractivity contribution in [2.45, 2.75) is 61.7 Å². The predicted molar refractivity (Wildman–Crippen MR) is 91.6 cm³/mol. The van der Waals surface area contributed by atoms with Crippen LogP contribution in [0.4, 0.5) is 0 Å². The summed E-state index contributed by atoms with van der Waals surface area (Å²) in [4.78, 5) is 12.7. The molecule has 2 heterocycles. The molecular formula is C20H23NO5. The standard InChI is InChI=1S/C20H23NO5/c22-13-4-3-12-9-15-20(24)6-5-14(23)18-19(20,16(12)17(13)26-18)7-8-21(15,25)10-11-1-2-11/h3-4,11,15,18,22,24H,1-2,5-10H2/t15-,18?,19+,20+,21+/m1/s1. The number of benzene rings is 1. The zero-order valence-corrected chi connectivity index (χ0v) is 14.6. The van der Waals surface area contributed by atoms with Crippen molar-refractivity contribution in [3.8, 4) is 11.5 Å². The van der Waals surface area contributed by atoms with Crippen LogP contribution in [0.2, 0.25) is 0 Å². The molecule has 0 radical (unpaired) electrons. The summed E-state index contributed by atoms with van der Waals surface area (Å²) in [7, 11) is 0. The van der Waals surface area contributed by atoms with E-state index in [2.05, 4.69) is 0 Å². The van der Waals surface area contributed by atoms with E-state index >= 15 is 0 Å².